The molecule has 0 heterocycles. The largest absolute Gasteiger partial charge is 0.219 e. The van der Waals surface area contributed by atoms with Crippen LogP contribution < -0.4 is 0 Å². The fourth-order valence-corrected chi connectivity index (χ4v) is 3.59. The van der Waals surface area contributed by atoms with Gasteiger partial charge < -0.3 is 0 Å². The summed E-state index contributed by atoms with van der Waals surface area (Å²) < 4.78 is 25.1. The minimum absolute atomic E-state index is 0.240. The number of rotatable bonds is 3. The van der Waals surface area contributed by atoms with Crippen LogP contribution in [0.25, 0.3) is 11.1 Å². The Hall–Kier alpha value is -2.10. The minimum atomic E-state index is -3.51. The standard InChI is InChI=1S/C18H13ClO2S/c19-16-8-12-18(13-9-16)22(20,21)17-10-6-15(7-11-17)14-4-2-1-3-5-14/h1-13H. The van der Waals surface area contributed by atoms with Crippen molar-refractivity contribution in [3.8, 4) is 11.1 Å². The van der Waals surface area contributed by atoms with E-state index in [1.807, 2.05) is 42.5 Å². The van der Waals surface area contributed by atoms with Crippen LogP contribution >= 0.6 is 11.6 Å². The van der Waals surface area contributed by atoms with Crippen molar-refractivity contribution in [1.82, 2.24) is 0 Å². The smallest absolute Gasteiger partial charge is 0.206 e. The zero-order valence-electron chi connectivity index (χ0n) is 11.6. The molecule has 0 saturated heterocycles. The first-order valence-electron chi connectivity index (χ1n) is 6.73. The Bertz CT molecular complexity index is 869. The number of hydrogen-bond donors (Lipinski definition) is 0. The van der Waals surface area contributed by atoms with E-state index in [0.29, 0.717) is 5.02 Å². The monoisotopic (exact) mass is 328 g/mol. The topological polar surface area (TPSA) is 34.1 Å². The predicted molar refractivity (Wildman–Crippen MR) is 88.8 cm³/mol. The van der Waals surface area contributed by atoms with Crippen LogP contribution in [0, 0.1) is 0 Å². The number of hydrogen-bond acceptors (Lipinski definition) is 2. The van der Waals surface area contributed by atoms with Gasteiger partial charge in [0.05, 0.1) is 9.79 Å². The Balaban J connectivity index is 1.97. The van der Waals surface area contributed by atoms with Gasteiger partial charge in [0.1, 0.15) is 0 Å². The Morgan fingerprint density at radius 3 is 1.59 bits per heavy atom. The molecule has 3 aromatic rings. The third-order valence-electron chi connectivity index (χ3n) is 3.40. The maximum Gasteiger partial charge on any atom is 0.206 e. The zero-order valence-corrected chi connectivity index (χ0v) is 13.2. The first-order chi connectivity index (χ1) is 10.6. The third-order valence-corrected chi connectivity index (χ3v) is 5.43. The Labute approximate surface area is 134 Å². The molecule has 4 heteroatoms. The Morgan fingerprint density at radius 1 is 0.591 bits per heavy atom. The van der Waals surface area contributed by atoms with Crippen molar-refractivity contribution in [3.05, 3.63) is 83.9 Å². The van der Waals surface area contributed by atoms with Gasteiger partial charge in [0.2, 0.25) is 9.84 Å². The highest BCUT2D eigenvalue weighted by molar-refractivity contribution is 7.91. The molecule has 0 bridgehead atoms. The Kier molecular flexibility index (Phi) is 4.01. The summed E-state index contributed by atoms with van der Waals surface area (Å²) >= 11 is 5.80. The van der Waals surface area contributed by atoms with Gasteiger partial charge in [-0.2, -0.15) is 0 Å². The highest BCUT2D eigenvalue weighted by atomic mass is 35.5. The van der Waals surface area contributed by atoms with E-state index >= 15 is 0 Å². The molecule has 0 N–H and O–H groups in total. The van der Waals surface area contributed by atoms with Gasteiger partial charge >= 0.3 is 0 Å². The van der Waals surface area contributed by atoms with Crippen LogP contribution in [0.2, 0.25) is 5.02 Å². The molecule has 110 valence electrons. The van der Waals surface area contributed by atoms with Crippen molar-refractivity contribution in [1.29, 1.82) is 0 Å². The second kappa shape index (κ2) is 5.95. The van der Waals surface area contributed by atoms with Crippen LogP contribution in [0.15, 0.2) is 88.7 Å². The minimum Gasteiger partial charge on any atom is -0.219 e. The van der Waals surface area contributed by atoms with E-state index in [4.69, 9.17) is 11.6 Å². The van der Waals surface area contributed by atoms with Crippen LogP contribution in [0.5, 0.6) is 0 Å². The summed E-state index contributed by atoms with van der Waals surface area (Å²) in [4.78, 5) is 0.513. The van der Waals surface area contributed by atoms with Gasteiger partial charge in [0.25, 0.3) is 0 Å². The van der Waals surface area contributed by atoms with Crippen LogP contribution in [0.4, 0.5) is 0 Å². The van der Waals surface area contributed by atoms with E-state index in [2.05, 4.69) is 0 Å². The van der Waals surface area contributed by atoms with E-state index in [1.165, 1.54) is 12.1 Å². The van der Waals surface area contributed by atoms with Crippen LogP contribution in [0.3, 0.4) is 0 Å². The molecular weight excluding hydrogens is 316 g/mol. The molecule has 3 aromatic carbocycles. The fraction of sp³-hybridized carbons (Fsp3) is 0. The third kappa shape index (κ3) is 2.91. The highest BCUT2D eigenvalue weighted by Crippen LogP contribution is 2.25. The van der Waals surface area contributed by atoms with Crippen molar-refractivity contribution in [2.45, 2.75) is 9.79 Å². The maximum absolute atomic E-state index is 12.5. The summed E-state index contributed by atoms with van der Waals surface area (Å²) in [5, 5.41) is 0.512. The molecule has 0 spiro atoms. The van der Waals surface area contributed by atoms with Gasteiger partial charge in [-0.3, -0.25) is 0 Å². The van der Waals surface area contributed by atoms with Gasteiger partial charge in [-0.25, -0.2) is 8.42 Å². The zero-order chi connectivity index (χ0) is 15.6. The maximum atomic E-state index is 12.5. The highest BCUT2D eigenvalue weighted by Gasteiger charge is 2.17. The molecule has 0 aliphatic rings. The molecule has 0 aromatic heterocycles. The molecule has 22 heavy (non-hydrogen) atoms. The van der Waals surface area contributed by atoms with Crippen molar-refractivity contribution in [2.24, 2.45) is 0 Å². The van der Waals surface area contributed by atoms with E-state index in [-0.39, 0.29) is 9.79 Å². The van der Waals surface area contributed by atoms with Gasteiger partial charge in [0.15, 0.2) is 0 Å². The van der Waals surface area contributed by atoms with Crippen LogP contribution in [-0.2, 0) is 9.84 Å². The lowest BCUT2D eigenvalue weighted by molar-refractivity contribution is 0.596. The molecule has 0 saturated carbocycles. The average molecular weight is 329 g/mol. The van der Waals surface area contributed by atoms with Crippen molar-refractivity contribution >= 4 is 21.4 Å². The first kappa shape index (κ1) is 14.8. The van der Waals surface area contributed by atoms with E-state index in [0.717, 1.165) is 11.1 Å². The lowest BCUT2D eigenvalue weighted by atomic mass is 10.1. The summed E-state index contributed by atoms with van der Waals surface area (Å²) in [5.41, 5.74) is 2.04. The summed E-state index contributed by atoms with van der Waals surface area (Å²) in [6.07, 6.45) is 0. The van der Waals surface area contributed by atoms with Crippen LogP contribution in [-0.4, -0.2) is 8.42 Å². The quantitative estimate of drug-likeness (QED) is 0.689. The van der Waals surface area contributed by atoms with Crippen LogP contribution in [0.1, 0.15) is 0 Å². The summed E-state index contributed by atoms with van der Waals surface area (Å²) in [5.74, 6) is 0. The SMILES string of the molecule is O=S(=O)(c1ccc(Cl)cc1)c1ccc(-c2ccccc2)cc1. The van der Waals surface area contributed by atoms with E-state index < -0.39 is 9.84 Å². The second-order valence-corrected chi connectivity index (χ2v) is 7.23. The van der Waals surface area contributed by atoms with Crippen molar-refractivity contribution in [3.63, 3.8) is 0 Å². The second-order valence-electron chi connectivity index (χ2n) is 4.85. The summed E-state index contributed by atoms with van der Waals surface area (Å²) in [6, 6.07) is 22.9. The van der Waals surface area contributed by atoms with Gasteiger partial charge in [0, 0.05) is 5.02 Å². The molecular formula is C18H13ClO2S. The van der Waals surface area contributed by atoms with Crippen molar-refractivity contribution in [2.75, 3.05) is 0 Å². The number of halogens is 1. The van der Waals surface area contributed by atoms with Gasteiger partial charge in [-0.15, -0.1) is 0 Å². The van der Waals surface area contributed by atoms with E-state index in [9.17, 15) is 8.42 Å². The summed E-state index contributed by atoms with van der Waals surface area (Å²) in [6.45, 7) is 0. The average Bonchev–Trinajstić information content (AvgIpc) is 2.56. The fourth-order valence-electron chi connectivity index (χ4n) is 2.21. The first-order valence-corrected chi connectivity index (χ1v) is 8.60. The summed E-state index contributed by atoms with van der Waals surface area (Å²) in [7, 11) is -3.51. The molecule has 2 nitrogen and oxygen atoms in total. The molecule has 0 fully saturated rings. The molecule has 0 atom stereocenters. The number of benzene rings is 3. The molecule has 3 rings (SSSR count). The van der Waals surface area contributed by atoms with Gasteiger partial charge in [-0.05, 0) is 47.5 Å². The number of sulfone groups is 1. The lowest BCUT2D eigenvalue weighted by Crippen LogP contribution is -2.01. The molecule has 0 amide bonds. The molecule has 0 unspecified atom stereocenters. The molecule has 0 radical (unpaired) electrons. The normalized spacial score (nSPS) is 11.3. The molecule has 0 aliphatic carbocycles. The predicted octanol–water partition coefficient (Wildman–Crippen LogP) is 4.84. The lowest BCUT2D eigenvalue weighted by Gasteiger charge is -2.06. The van der Waals surface area contributed by atoms with E-state index in [1.54, 1.807) is 24.3 Å². The Morgan fingerprint density at radius 2 is 1.05 bits per heavy atom. The van der Waals surface area contributed by atoms with Crippen molar-refractivity contribution < 1.29 is 8.42 Å². The molecule has 0 aliphatic heterocycles. The van der Waals surface area contributed by atoms with Gasteiger partial charge in [-0.1, -0.05) is 54.1 Å².